The van der Waals surface area contributed by atoms with Crippen LogP contribution in [0.3, 0.4) is 0 Å². The summed E-state index contributed by atoms with van der Waals surface area (Å²) < 4.78 is 45.8. The number of amides is 1. The Morgan fingerprint density at radius 3 is 2.56 bits per heavy atom. The Kier molecular flexibility index (Phi) is 6.92. The predicted molar refractivity (Wildman–Crippen MR) is 101 cm³/mol. The van der Waals surface area contributed by atoms with E-state index in [1.54, 1.807) is 39.1 Å². The van der Waals surface area contributed by atoms with Gasteiger partial charge >= 0.3 is 0 Å². The topological polar surface area (TPSA) is 75.7 Å². The Labute approximate surface area is 159 Å². The van der Waals surface area contributed by atoms with Crippen LogP contribution >= 0.6 is 0 Å². The van der Waals surface area contributed by atoms with E-state index in [1.807, 2.05) is 0 Å². The fraction of sp³-hybridized carbons (Fsp3) is 0.316. The van der Waals surface area contributed by atoms with Gasteiger partial charge in [-0.25, -0.2) is 17.5 Å². The molecule has 6 nitrogen and oxygen atoms in total. The van der Waals surface area contributed by atoms with E-state index in [0.29, 0.717) is 0 Å². The summed E-state index contributed by atoms with van der Waals surface area (Å²) in [5.74, 6) is -0.707. The minimum atomic E-state index is -3.69. The van der Waals surface area contributed by atoms with Crippen molar-refractivity contribution in [3.8, 4) is 5.75 Å². The monoisotopic (exact) mass is 394 g/mol. The number of nitrogens with zero attached hydrogens (tertiary/aromatic N) is 1. The second kappa shape index (κ2) is 8.96. The van der Waals surface area contributed by atoms with E-state index in [4.69, 9.17) is 4.74 Å². The summed E-state index contributed by atoms with van der Waals surface area (Å²) in [4.78, 5) is 14.0. The molecule has 0 heterocycles. The molecule has 1 N–H and O–H groups in total. The van der Waals surface area contributed by atoms with Crippen molar-refractivity contribution in [1.29, 1.82) is 0 Å². The highest BCUT2D eigenvalue weighted by molar-refractivity contribution is 7.89. The third kappa shape index (κ3) is 5.77. The van der Waals surface area contributed by atoms with E-state index in [9.17, 15) is 17.6 Å². The summed E-state index contributed by atoms with van der Waals surface area (Å²) in [5.41, 5.74) is 0.245. The number of ether oxygens (including phenoxy) is 1. The molecule has 2 aromatic carbocycles. The van der Waals surface area contributed by atoms with Crippen LogP contribution in [0.1, 0.15) is 24.2 Å². The maximum Gasteiger partial charge on any atom is 0.253 e. The van der Waals surface area contributed by atoms with Crippen LogP contribution in [0.2, 0.25) is 0 Å². The normalized spacial score (nSPS) is 11.4. The highest BCUT2D eigenvalue weighted by Crippen LogP contribution is 2.16. The molecular formula is C19H23FN2O4S. The van der Waals surface area contributed by atoms with Gasteiger partial charge in [-0.05, 0) is 44.2 Å². The number of hydrogen-bond acceptors (Lipinski definition) is 4. The van der Waals surface area contributed by atoms with E-state index in [2.05, 4.69) is 4.72 Å². The Balaban J connectivity index is 2.02. The molecule has 0 radical (unpaired) electrons. The second-order valence-electron chi connectivity index (χ2n) is 6.31. The van der Waals surface area contributed by atoms with Gasteiger partial charge in [0.15, 0.2) is 11.6 Å². The number of halogens is 1. The van der Waals surface area contributed by atoms with Crippen LogP contribution in [0.25, 0.3) is 0 Å². The molecule has 0 unspecified atom stereocenters. The summed E-state index contributed by atoms with van der Waals surface area (Å²) in [5, 5.41) is 0. The predicted octanol–water partition coefficient (Wildman–Crippen LogP) is 2.66. The third-order valence-electron chi connectivity index (χ3n) is 3.65. The molecule has 0 spiro atoms. The van der Waals surface area contributed by atoms with Crippen molar-refractivity contribution in [2.45, 2.75) is 24.8 Å². The number of sulfonamides is 1. The molecule has 8 heteroatoms. The first-order valence-corrected chi connectivity index (χ1v) is 9.94. The smallest absolute Gasteiger partial charge is 0.253 e. The summed E-state index contributed by atoms with van der Waals surface area (Å²) in [6.07, 6.45) is 0. The van der Waals surface area contributed by atoms with Crippen molar-refractivity contribution in [2.24, 2.45) is 0 Å². The lowest BCUT2D eigenvalue weighted by molar-refractivity contribution is 0.0772. The molecule has 0 bridgehead atoms. The number of rotatable bonds is 8. The lowest BCUT2D eigenvalue weighted by Crippen LogP contribution is -2.32. The van der Waals surface area contributed by atoms with Crippen LogP contribution in [0.4, 0.5) is 4.39 Å². The maximum atomic E-state index is 13.5. The average molecular weight is 394 g/mol. The molecule has 0 saturated carbocycles. The number of hydrogen-bond donors (Lipinski definition) is 1. The molecule has 146 valence electrons. The first-order valence-electron chi connectivity index (χ1n) is 8.46. The molecule has 0 aliphatic carbocycles. The van der Waals surface area contributed by atoms with Crippen molar-refractivity contribution in [1.82, 2.24) is 9.62 Å². The quantitative estimate of drug-likeness (QED) is 0.747. The number of nitrogens with one attached hydrogen (secondary N) is 1. The van der Waals surface area contributed by atoms with Gasteiger partial charge in [0.05, 0.1) is 11.4 Å². The zero-order valence-electron chi connectivity index (χ0n) is 15.5. The number of benzene rings is 2. The standard InChI is InChI=1S/C19H23FN2O4S/c1-14(2)21-27(24,25)16-8-6-7-15(13-16)19(23)22(3)11-12-26-18-10-5-4-9-17(18)20/h4-10,13-14,21H,11-12H2,1-3H3. The van der Waals surface area contributed by atoms with Gasteiger partial charge in [-0.15, -0.1) is 0 Å². The zero-order chi connectivity index (χ0) is 20.0. The van der Waals surface area contributed by atoms with E-state index in [-0.39, 0.29) is 41.3 Å². The van der Waals surface area contributed by atoms with Gasteiger partial charge in [-0.1, -0.05) is 18.2 Å². The zero-order valence-corrected chi connectivity index (χ0v) is 16.3. The third-order valence-corrected chi connectivity index (χ3v) is 5.31. The van der Waals surface area contributed by atoms with Gasteiger partial charge in [0.2, 0.25) is 10.0 Å². The molecule has 0 saturated heterocycles. The van der Waals surface area contributed by atoms with E-state index < -0.39 is 15.8 Å². The van der Waals surface area contributed by atoms with Crippen molar-refractivity contribution >= 4 is 15.9 Å². The van der Waals surface area contributed by atoms with Gasteiger partial charge in [0.1, 0.15) is 6.61 Å². The summed E-state index contributed by atoms with van der Waals surface area (Å²) in [6.45, 7) is 3.76. The van der Waals surface area contributed by atoms with E-state index in [1.165, 1.54) is 35.2 Å². The average Bonchev–Trinajstić information content (AvgIpc) is 2.61. The molecule has 0 aliphatic rings. The largest absolute Gasteiger partial charge is 0.489 e. The van der Waals surface area contributed by atoms with Crippen molar-refractivity contribution in [3.63, 3.8) is 0 Å². The van der Waals surface area contributed by atoms with Crippen molar-refractivity contribution < 1.29 is 22.3 Å². The van der Waals surface area contributed by atoms with Crippen LogP contribution in [-0.2, 0) is 10.0 Å². The fourth-order valence-electron chi connectivity index (χ4n) is 2.35. The SMILES string of the molecule is CC(C)NS(=O)(=O)c1cccc(C(=O)N(C)CCOc2ccccc2F)c1. The maximum absolute atomic E-state index is 13.5. The number of carbonyl (C=O) groups excluding carboxylic acids is 1. The minimum absolute atomic E-state index is 0.0260. The Hall–Kier alpha value is -2.45. The first-order chi connectivity index (χ1) is 12.7. The van der Waals surface area contributed by atoms with Crippen LogP contribution in [-0.4, -0.2) is 45.5 Å². The molecule has 2 rings (SSSR count). The lowest BCUT2D eigenvalue weighted by atomic mass is 10.2. The molecular weight excluding hydrogens is 371 g/mol. The summed E-state index contributed by atoms with van der Waals surface area (Å²) in [6, 6.07) is 11.6. The number of likely N-dealkylation sites (N-methyl/N-ethyl adjacent to an activating group) is 1. The van der Waals surface area contributed by atoms with Gasteiger partial charge < -0.3 is 9.64 Å². The van der Waals surface area contributed by atoms with Crippen molar-refractivity contribution in [3.05, 3.63) is 59.9 Å². The van der Waals surface area contributed by atoms with Crippen LogP contribution in [0, 0.1) is 5.82 Å². The molecule has 0 aliphatic heterocycles. The summed E-state index contributed by atoms with van der Waals surface area (Å²) >= 11 is 0. The number of para-hydroxylation sites is 1. The molecule has 0 fully saturated rings. The molecule has 2 aromatic rings. The first kappa shape index (κ1) is 20.9. The molecule has 0 aromatic heterocycles. The lowest BCUT2D eigenvalue weighted by Gasteiger charge is -2.18. The van der Waals surface area contributed by atoms with E-state index in [0.717, 1.165) is 0 Å². The van der Waals surface area contributed by atoms with Crippen molar-refractivity contribution in [2.75, 3.05) is 20.2 Å². The minimum Gasteiger partial charge on any atom is -0.489 e. The van der Waals surface area contributed by atoms with Gasteiger partial charge in [-0.2, -0.15) is 0 Å². The van der Waals surface area contributed by atoms with Crippen LogP contribution in [0.5, 0.6) is 5.75 Å². The fourth-order valence-corrected chi connectivity index (χ4v) is 3.65. The van der Waals surface area contributed by atoms with E-state index >= 15 is 0 Å². The van der Waals surface area contributed by atoms with Crippen LogP contribution < -0.4 is 9.46 Å². The summed E-state index contributed by atoms with van der Waals surface area (Å²) in [7, 11) is -2.12. The molecule has 0 atom stereocenters. The Morgan fingerprint density at radius 2 is 1.89 bits per heavy atom. The highest BCUT2D eigenvalue weighted by atomic mass is 32.2. The molecule has 27 heavy (non-hydrogen) atoms. The van der Waals surface area contributed by atoms with Gasteiger partial charge in [0.25, 0.3) is 5.91 Å². The second-order valence-corrected chi connectivity index (χ2v) is 8.02. The van der Waals surface area contributed by atoms with Gasteiger partial charge in [-0.3, -0.25) is 4.79 Å². The van der Waals surface area contributed by atoms with Crippen LogP contribution in [0.15, 0.2) is 53.4 Å². The Morgan fingerprint density at radius 1 is 1.19 bits per heavy atom. The Bertz CT molecular complexity index is 900. The molecule has 1 amide bonds. The number of carbonyl (C=O) groups is 1. The highest BCUT2D eigenvalue weighted by Gasteiger charge is 2.19. The van der Waals surface area contributed by atoms with Gasteiger partial charge in [0, 0.05) is 18.7 Å².